The largest absolute Gasteiger partial charge is 2.00 e. The Kier molecular flexibility index (Phi) is 21.3. The third kappa shape index (κ3) is 12.1. The molecule has 2 aromatic carbocycles. The topological polar surface area (TPSA) is 418 Å². The van der Waals surface area contributed by atoms with E-state index in [2.05, 4.69) is 49.8 Å². The number of carbonyl (C=O) groups is 4. The summed E-state index contributed by atoms with van der Waals surface area (Å²) in [7, 11) is 0. The summed E-state index contributed by atoms with van der Waals surface area (Å²) in [6.45, 7) is 0. The molecule has 0 atom stereocenters. The number of carboxylic acid groups (broad SMARTS) is 4. The molecule has 10 N–H and O–H groups in total. The second-order valence-electron chi connectivity index (χ2n) is 12.1. The van der Waals surface area contributed by atoms with E-state index in [0.29, 0.717) is 0 Å². The fourth-order valence-electron chi connectivity index (χ4n) is 5.88. The molecule has 66 heavy (non-hydrogen) atoms. The fraction of sp³-hybridized carbons (Fsp3) is 0. The van der Waals surface area contributed by atoms with Crippen LogP contribution in [0.25, 0.3) is 65.7 Å². The minimum Gasteiger partial charge on any atom is -0.545 e. The van der Waals surface area contributed by atoms with E-state index in [0.717, 1.165) is 102 Å². The zero-order chi connectivity index (χ0) is 42.2. The molecule has 24 heteroatoms. The quantitative estimate of drug-likeness (QED) is 0.100. The SMILES string of the molecule is O.O.O=C([O-])c1ccc(C(=O)[O-])nc1.O=C([O-])c1ccc(C(=O)[O-])nc1.[Mn+2].[Mn+2].[OH3+].[OH3+].c1cnc2c(c1)c1nccnc1c1cccnc12.c1cnc2c(c1)c1nccnc1c1cccnc12. The van der Waals surface area contributed by atoms with Crippen LogP contribution in [0.1, 0.15) is 41.7 Å². The van der Waals surface area contributed by atoms with Gasteiger partial charge in [-0.2, -0.15) is 0 Å². The number of aromatic nitrogens is 10. The van der Waals surface area contributed by atoms with E-state index in [9.17, 15) is 39.6 Å². The van der Waals surface area contributed by atoms with Gasteiger partial charge in [0.25, 0.3) is 0 Å². The summed E-state index contributed by atoms with van der Waals surface area (Å²) in [5, 5.41) is 44.6. The molecule has 22 nitrogen and oxygen atoms in total. The minimum atomic E-state index is -1.44. The first kappa shape index (κ1) is 55.8. The Morgan fingerprint density at radius 1 is 0.318 bits per heavy atom. The van der Waals surface area contributed by atoms with Crippen LogP contribution in [-0.4, -0.2) is 84.7 Å². The van der Waals surface area contributed by atoms with Gasteiger partial charge in [-0.25, -0.2) is 0 Å². The van der Waals surface area contributed by atoms with E-state index in [-0.39, 0.29) is 78.6 Å². The third-order valence-corrected chi connectivity index (χ3v) is 8.51. The second kappa shape index (κ2) is 25.2. The van der Waals surface area contributed by atoms with E-state index in [1.807, 2.05) is 48.5 Å². The summed E-state index contributed by atoms with van der Waals surface area (Å²) < 4.78 is 0. The maximum Gasteiger partial charge on any atom is 2.00 e. The van der Waals surface area contributed by atoms with Crippen LogP contribution < -0.4 is 20.4 Å². The summed E-state index contributed by atoms with van der Waals surface area (Å²) in [4.78, 5) is 82.7. The zero-order valence-electron chi connectivity index (χ0n) is 33.4. The number of pyridine rings is 6. The maximum atomic E-state index is 10.2. The van der Waals surface area contributed by atoms with Crippen LogP contribution in [0.4, 0.5) is 0 Å². The number of carbonyl (C=O) groups excluding carboxylic acids is 4. The molecule has 0 fully saturated rings. The summed E-state index contributed by atoms with van der Waals surface area (Å²) in [5.74, 6) is -5.68. The van der Waals surface area contributed by atoms with Crippen LogP contribution in [-0.2, 0) is 45.1 Å². The van der Waals surface area contributed by atoms with Gasteiger partial charge in [0, 0.05) is 94.6 Å². The molecule has 0 bridgehead atoms. The first-order chi connectivity index (χ1) is 29.1. The Balaban J connectivity index is 0.000000435. The number of hydrogen-bond donors (Lipinski definition) is 0. The molecule has 2 radical (unpaired) electrons. The van der Waals surface area contributed by atoms with Gasteiger partial charge >= 0.3 is 34.1 Å². The Bertz CT molecular complexity index is 2540. The predicted molar refractivity (Wildman–Crippen MR) is 223 cm³/mol. The Morgan fingerprint density at radius 3 is 0.727 bits per heavy atom. The van der Waals surface area contributed by atoms with E-state index in [1.54, 1.807) is 49.6 Å². The van der Waals surface area contributed by atoms with Gasteiger partial charge in [0.1, 0.15) is 0 Å². The number of nitrogens with zero attached hydrogens (tertiary/aromatic N) is 10. The van der Waals surface area contributed by atoms with E-state index in [1.165, 1.54) is 0 Å². The smallest absolute Gasteiger partial charge is 0.545 e. The van der Waals surface area contributed by atoms with Gasteiger partial charge in [0.2, 0.25) is 0 Å². The van der Waals surface area contributed by atoms with Gasteiger partial charge in [0.15, 0.2) is 0 Å². The van der Waals surface area contributed by atoms with Crippen LogP contribution in [0.5, 0.6) is 0 Å². The van der Waals surface area contributed by atoms with Crippen molar-refractivity contribution in [2.75, 3.05) is 0 Å². The van der Waals surface area contributed by atoms with Crippen molar-refractivity contribution in [2.45, 2.75) is 0 Å². The van der Waals surface area contributed by atoms with Crippen LogP contribution in [0.15, 0.2) is 135 Å². The van der Waals surface area contributed by atoms with Gasteiger partial charge in [0.05, 0.1) is 79.4 Å². The van der Waals surface area contributed by atoms with Crippen LogP contribution >= 0.6 is 0 Å². The Labute approximate surface area is 390 Å². The van der Waals surface area contributed by atoms with Gasteiger partial charge in [-0.15, -0.1) is 0 Å². The molecule has 0 aliphatic carbocycles. The summed E-state index contributed by atoms with van der Waals surface area (Å²) in [6, 6.07) is 19.9. The Hall–Kier alpha value is -8.18. The third-order valence-electron chi connectivity index (χ3n) is 8.51. The predicted octanol–water partition coefficient (Wildman–Crippen LogP) is -2.43. The number of rotatable bonds is 4. The number of carboxylic acids is 4. The molecule has 0 amide bonds. The van der Waals surface area contributed by atoms with Crippen molar-refractivity contribution in [2.24, 2.45) is 0 Å². The van der Waals surface area contributed by atoms with E-state index in [4.69, 9.17) is 0 Å². The number of fused-ring (bicyclic) bond motifs is 12. The molecule has 10 rings (SSSR count). The maximum absolute atomic E-state index is 10.2. The van der Waals surface area contributed by atoms with Crippen molar-refractivity contribution in [1.82, 2.24) is 49.8 Å². The van der Waals surface area contributed by atoms with Crippen molar-refractivity contribution < 1.29 is 95.6 Å². The standard InChI is InChI=1S/2C14H8N4.2C7H5NO4.2Mn.4H2O/c2*1-3-9-11(15-5-1)12-10(4-2-6-16-12)14-13(9)17-7-8-18-14;2*9-6(10)4-1-2-5(7(11)12)8-3-4;;;;;;/h2*1-8H;2*1-3H,(H,9,10)(H,11,12);;;4*1H2/q;;;;2*+2;;;;/p-2. The molecule has 0 aliphatic heterocycles. The van der Waals surface area contributed by atoms with Crippen molar-refractivity contribution in [3.8, 4) is 0 Å². The van der Waals surface area contributed by atoms with Gasteiger partial charge in [-0.05, 0) is 72.8 Å². The Morgan fingerprint density at radius 2 is 0.545 bits per heavy atom. The second-order valence-corrected chi connectivity index (χ2v) is 12.1. The number of hydrogen-bond acceptors (Lipinski definition) is 18. The van der Waals surface area contributed by atoms with Crippen molar-refractivity contribution in [3.05, 3.63) is 157 Å². The molecule has 334 valence electrons. The van der Waals surface area contributed by atoms with Crippen LogP contribution in [0, 0.1) is 0 Å². The zero-order valence-corrected chi connectivity index (χ0v) is 35.7. The van der Waals surface area contributed by atoms with E-state index >= 15 is 0 Å². The fourth-order valence-corrected chi connectivity index (χ4v) is 5.88. The van der Waals surface area contributed by atoms with Crippen LogP contribution in [0.2, 0.25) is 0 Å². The summed E-state index contributed by atoms with van der Waals surface area (Å²) >= 11 is 0. The van der Waals surface area contributed by atoms with Crippen molar-refractivity contribution in [1.29, 1.82) is 0 Å². The van der Waals surface area contributed by atoms with Crippen molar-refractivity contribution >= 4 is 89.6 Å². The molecule has 0 aliphatic rings. The molecule has 0 unspecified atom stereocenters. The van der Waals surface area contributed by atoms with Gasteiger partial charge < -0.3 is 61.5 Å². The molecule has 8 heterocycles. The number of benzene rings is 2. The average molecular weight is 979 g/mol. The normalized spacial score (nSPS) is 9.58. The minimum absolute atomic E-state index is 0. The van der Waals surface area contributed by atoms with Crippen LogP contribution in [0.3, 0.4) is 0 Å². The molecule has 0 saturated heterocycles. The molecular weight excluding hydrogens is 946 g/mol. The summed E-state index contributed by atoms with van der Waals surface area (Å²) in [5.41, 5.74) is 6.06. The first-order valence-corrected chi connectivity index (χ1v) is 17.3. The molecule has 8 aromatic heterocycles. The molecule has 0 saturated carbocycles. The van der Waals surface area contributed by atoms with Crippen molar-refractivity contribution in [3.63, 3.8) is 0 Å². The number of aromatic carboxylic acids is 4. The van der Waals surface area contributed by atoms with Gasteiger partial charge in [-0.3, -0.25) is 49.8 Å². The molecule has 10 aromatic rings. The van der Waals surface area contributed by atoms with Gasteiger partial charge in [-0.1, -0.05) is 0 Å². The molecule has 0 spiro atoms. The monoisotopic (exact) mass is 978 g/mol. The molecular formula is C42H32Mn2N10O12+2. The first-order valence-electron chi connectivity index (χ1n) is 17.3. The summed E-state index contributed by atoms with van der Waals surface area (Å²) in [6.07, 6.45) is 15.7. The van der Waals surface area contributed by atoms with E-state index < -0.39 is 23.9 Å². The average Bonchev–Trinajstić information content (AvgIpc) is 3.30.